The fraction of sp³-hybridized carbons (Fsp3) is 1.00. The quantitative estimate of drug-likeness (QED) is 0.598. The molecule has 4 saturated heterocycles. The van der Waals surface area contributed by atoms with Crippen LogP contribution >= 0.6 is 0 Å². The van der Waals surface area contributed by atoms with Crippen LogP contribution < -0.4 is 10.0 Å². The molecule has 2 unspecified atom stereocenters. The Morgan fingerprint density at radius 2 is 2.00 bits per heavy atom. The minimum absolute atomic E-state index is 0.373. The molecule has 96 valence electrons. The first kappa shape index (κ1) is 10.8. The minimum atomic E-state index is -0.373. The van der Waals surface area contributed by atoms with Crippen molar-refractivity contribution in [1.29, 1.82) is 0 Å². The molecule has 0 aliphatic carbocycles. The molecule has 3 nitrogen and oxygen atoms in total. The predicted octanol–water partition coefficient (Wildman–Crippen LogP) is -0.776. The van der Waals surface area contributed by atoms with Crippen LogP contribution in [0.3, 0.4) is 0 Å². The van der Waals surface area contributed by atoms with E-state index in [1.807, 2.05) is 4.90 Å². The van der Waals surface area contributed by atoms with Crippen LogP contribution in [-0.4, -0.2) is 42.8 Å². The molecule has 0 aromatic heterocycles. The summed E-state index contributed by atoms with van der Waals surface area (Å²) in [6, 6.07) is 1.55. The summed E-state index contributed by atoms with van der Waals surface area (Å²) in [6.07, 6.45) is 7.29. The fourth-order valence-corrected chi connectivity index (χ4v) is 5.31. The van der Waals surface area contributed by atoms with E-state index in [0.717, 1.165) is 30.8 Å². The van der Waals surface area contributed by atoms with Crippen molar-refractivity contribution in [1.82, 2.24) is 4.90 Å². The van der Waals surface area contributed by atoms with E-state index in [2.05, 4.69) is 4.90 Å². The maximum absolute atomic E-state index is 12.2. The van der Waals surface area contributed by atoms with Crippen LogP contribution in [0.1, 0.15) is 38.5 Å². The van der Waals surface area contributed by atoms with E-state index in [1.54, 1.807) is 0 Å². The zero-order valence-electron chi connectivity index (χ0n) is 10.6. The van der Waals surface area contributed by atoms with Gasteiger partial charge in [-0.2, -0.15) is 0 Å². The van der Waals surface area contributed by atoms with Crippen molar-refractivity contribution in [2.75, 3.05) is 19.6 Å². The third kappa shape index (κ3) is 1.59. The number of hydrogen-bond donors (Lipinski definition) is 1. The first-order valence-electron chi connectivity index (χ1n) is 7.59. The van der Waals surface area contributed by atoms with Crippen LogP contribution in [0, 0.1) is 11.8 Å². The van der Waals surface area contributed by atoms with E-state index in [4.69, 9.17) is 0 Å². The Morgan fingerprint density at radius 3 is 2.94 bits per heavy atom. The molecule has 4 fully saturated rings. The average Bonchev–Trinajstić information content (AvgIpc) is 2.79. The Morgan fingerprint density at radius 1 is 1.06 bits per heavy atom. The summed E-state index contributed by atoms with van der Waals surface area (Å²) in [7, 11) is 0. The van der Waals surface area contributed by atoms with E-state index in [0.29, 0.717) is 6.04 Å². The van der Waals surface area contributed by atoms with Crippen LogP contribution in [-0.2, 0) is 0 Å². The van der Waals surface area contributed by atoms with Crippen molar-refractivity contribution in [2.45, 2.75) is 56.8 Å². The van der Waals surface area contributed by atoms with E-state index in [-0.39, 0.29) is 6.23 Å². The van der Waals surface area contributed by atoms with Gasteiger partial charge in [-0.05, 0) is 12.8 Å². The largest absolute Gasteiger partial charge is 0.841 e. The first-order valence-corrected chi connectivity index (χ1v) is 7.59. The zero-order chi connectivity index (χ0) is 11.4. The normalized spacial score (nSPS) is 54.2. The van der Waals surface area contributed by atoms with Crippen LogP contribution in [0.2, 0.25) is 0 Å². The molecule has 0 spiro atoms. The third-order valence-corrected chi connectivity index (χ3v) is 5.97. The Labute approximate surface area is 104 Å². The van der Waals surface area contributed by atoms with Crippen molar-refractivity contribution in [2.24, 2.45) is 11.8 Å². The van der Waals surface area contributed by atoms with Crippen molar-refractivity contribution >= 4 is 0 Å². The van der Waals surface area contributed by atoms with Gasteiger partial charge in [-0.3, -0.25) is 0 Å². The summed E-state index contributed by atoms with van der Waals surface area (Å²) < 4.78 is 0. The lowest BCUT2D eigenvalue weighted by atomic mass is 9.73. The van der Waals surface area contributed by atoms with Crippen molar-refractivity contribution in [3.8, 4) is 0 Å². The van der Waals surface area contributed by atoms with Crippen LogP contribution in [0.15, 0.2) is 0 Å². The topological polar surface area (TPSA) is 30.7 Å². The van der Waals surface area contributed by atoms with Gasteiger partial charge in [-0.1, -0.05) is 19.1 Å². The molecule has 1 N–H and O–H groups in total. The molecule has 4 rings (SSSR count). The molecule has 4 aliphatic rings. The lowest BCUT2D eigenvalue weighted by Crippen LogP contribution is -3.17. The molecule has 0 radical (unpaired) electrons. The van der Waals surface area contributed by atoms with E-state index in [9.17, 15) is 5.11 Å². The lowest BCUT2D eigenvalue weighted by molar-refractivity contribution is -0.927. The number of quaternary nitrogens is 1. The molecule has 6 atom stereocenters. The van der Waals surface area contributed by atoms with Gasteiger partial charge in [-0.15, -0.1) is 0 Å². The van der Waals surface area contributed by atoms with Gasteiger partial charge in [0.2, 0.25) is 0 Å². The number of rotatable bonds is 0. The van der Waals surface area contributed by atoms with E-state index in [1.165, 1.54) is 45.2 Å². The van der Waals surface area contributed by atoms with Gasteiger partial charge in [0, 0.05) is 37.3 Å². The highest BCUT2D eigenvalue weighted by atomic mass is 16.3. The Kier molecular flexibility index (Phi) is 2.50. The number of nitrogens with zero attached hydrogens (tertiary/aromatic N) is 1. The van der Waals surface area contributed by atoms with E-state index < -0.39 is 0 Å². The van der Waals surface area contributed by atoms with Gasteiger partial charge >= 0.3 is 0 Å². The summed E-state index contributed by atoms with van der Waals surface area (Å²) in [5.74, 6) is 1.69. The molecule has 2 bridgehead atoms. The lowest BCUT2D eigenvalue weighted by Gasteiger charge is -2.57. The molecule has 0 amide bonds. The van der Waals surface area contributed by atoms with Crippen LogP contribution in [0.4, 0.5) is 0 Å². The second kappa shape index (κ2) is 3.94. The molecule has 4 aliphatic heterocycles. The van der Waals surface area contributed by atoms with Gasteiger partial charge in [0.05, 0.1) is 19.1 Å². The van der Waals surface area contributed by atoms with Gasteiger partial charge in [0.15, 0.2) is 0 Å². The van der Waals surface area contributed by atoms with E-state index >= 15 is 0 Å². The van der Waals surface area contributed by atoms with Gasteiger partial charge in [0.1, 0.15) is 0 Å². The smallest absolute Gasteiger partial charge is 0.0917 e. The summed E-state index contributed by atoms with van der Waals surface area (Å²) >= 11 is 0. The van der Waals surface area contributed by atoms with Crippen molar-refractivity contribution in [3.63, 3.8) is 0 Å². The summed E-state index contributed by atoms with van der Waals surface area (Å²) in [4.78, 5) is 4.25. The highest BCUT2D eigenvalue weighted by Gasteiger charge is 2.50. The zero-order valence-corrected chi connectivity index (χ0v) is 10.6. The maximum Gasteiger partial charge on any atom is 0.0917 e. The second-order valence-electron chi connectivity index (χ2n) is 6.77. The Hall–Kier alpha value is -0.120. The molecule has 0 aromatic rings. The highest BCUT2D eigenvalue weighted by molar-refractivity contribution is 4.96. The number of fused-ring (bicyclic) bond motifs is 6. The number of piperidine rings is 3. The molecule has 4 heterocycles. The van der Waals surface area contributed by atoms with Crippen molar-refractivity contribution < 1.29 is 10.0 Å². The summed E-state index contributed by atoms with van der Waals surface area (Å²) in [5, 5.41) is 12.2. The summed E-state index contributed by atoms with van der Waals surface area (Å²) in [5.41, 5.74) is 0. The SMILES string of the molecule is [O-]C1CCC[C@H]2[C@@H]3C[C@H](CN12)[C@H]1CCC[NH+]1C3. The molecular formula is C14H24N2O. The highest BCUT2D eigenvalue weighted by Crippen LogP contribution is 2.38. The minimum Gasteiger partial charge on any atom is -0.841 e. The molecular weight excluding hydrogens is 212 g/mol. The number of nitrogens with one attached hydrogen (secondary N) is 1. The Bertz CT molecular complexity index is 309. The molecule has 17 heavy (non-hydrogen) atoms. The summed E-state index contributed by atoms with van der Waals surface area (Å²) in [6.45, 7) is 3.91. The maximum atomic E-state index is 12.2. The molecule has 0 aromatic carbocycles. The average molecular weight is 236 g/mol. The van der Waals surface area contributed by atoms with Crippen LogP contribution in [0.5, 0.6) is 0 Å². The Balaban J connectivity index is 1.60. The van der Waals surface area contributed by atoms with Gasteiger partial charge < -0.3 is 14.9 Å². The number of hydrogen-bond acceptors (Lipinski definition) is 2. The monoisotopic (exact) mass is 236 g/mol. The molecule has 3 heteroatoms. The standard InChI is InChI=1S/C14H23N2O/c17-14-5-1-3-13-10-7-11(9-16(13)14)12-4-2-6-15(12)8-10/h10-14H,1-9H2/q-1/p+1/t10-,11-,12-,13+,14?/m1/s1. The fourth-order valence-electron chi connectivity index (χ4n) is 5.31. The first-order chi connectivity index (χ1) is 8.33. The molecule has 0 saturated carbocycles. The predicted molar refractivity (Wildman–Crippen MR) is 63.4 cm³/mol. The second-order valence-corrected chi connectivity index (χ2v) is 6.77. The van der Waals surface area contributed by atoms with Gasteiger partial charge in [-0.25, -0.2) is 0 Å². The third-order valence-electron chi connectivity index (χ3n) is 5.97. The van der Waals surface area contributed by atoms with Crippen LogP contribution in [0.25, 0.3) is 0 Å². The van der Waals surface area contributed by atoms with Crippen molar-refractivity contribution in [3.05, 3.63) is 0 Å². The van der Waals surface area contributed by atoms with Gasteiger partial charge in [0.25, 0.3) is 0 Å².